The van der Waals surface area contributed by atoms with Gasteiger partial charge >= 0.3 is 0 Å². The van der Waals surface area contributed by atoms with E-state index in [9.17, 15) is 9.59 Å². The number of halogens is 1. The highest BCUT2D eigenvalue weighted by molar-refractivity contribution is 6.30. The second kappa shape index (κ2) is 9.25. The van der Waals surface area contributed by atoms with Crippen molar-refractivity contribution in [1.82, 2.24) is 10.6 Å². The number of hydrogen-bond acceptors (Lipinski definition) is 3. The molecule has 0 heterocycles. The Morgan fingerprint density at radius 2 is 1.81 bits per heavy atom. The average Bonchev–Trinajstić information content (AvgIpc) is 2.64. The minimum Gasteiger partial charge on any atom is -0.497 e. The summed E-state index contributed by atoms with van der Waals surface area (Å²) in [5.74, 6) is 0.0730. The smallest absolute Gasteiger partial charge is 0.251 e. The molecular formula is C20H23ClN2O3. The monoisotopic (exact) mass is 374 g/mol. The van der Waals surface area contributed by atoms with Crippen molar-refractivity contribution in [2.24, 2.45) is 5.92 Å². The molecule has 0 radical (unpaired) electrons. The van der Waals surface area contributed by atoms with Crippen LogP contribution in [-0.2, 0) is 11.3 Å². The van der Waals surface area contributed by atoms with E-state index in [1.165, 1.54) is 0 Å². The Morgan fingerprint density at radius 1 is 1.12 bits per heavy atom. The number of nitrogens with one attached hydrogen (secondary N) is 2. The Hall–Kier alpha value is -2.53. The lowest BCUT2D eigenvalue weighted by molar-refractivity contribution is -0.124. The van der Waals surface area contributed by atoms with Crippen LogP contribution in [0.15, 0.2) is 48.5 Å². The van der Waals surface area contributed by atoms with Gasteiger partial charge in [0, 0.05) is 17.1 Å². The fourth-order valence-corrected chi connectivity index (χ4v) is 2.66. The third-order valence-electron chi connectivity index (χ3n) is 3.94. The minimum atomic E-state index is -0.635. The molecule has 0 spiro atoms. The molecule has 2 aromatic carbocycles. The van der Waals surface area contributed by atoms with Crippen LogP contribution in [0.25, 0.3) is 0 Å². The van der Waals surface area contributed by atoms with E-state index >= 15 is 0 Å². The van der Waals surface area contributed by atoms with Crippen LogP contribution >= 0.6 is 11.6 Å². The molecule has 0 aliphatic rings. The molecule has 0 saturated heterocycles. The molecule has 0 bridgehead atoms. The van der Waals surface area contributed by atoms with E-state index in [1.807, 2.05) is 26.0 Å². The lowest BCUT2D eigenvalue weighted by Gasteiger charge is -2.22. The summed E-state index contributed by atoms with van der Waals surface area (Å²) in [4.78, 5) is 25.0. The zero-order valence-corrected chi connectivity index (χ0v) is 15.8. The van der Waals surface area contributed by atoms with Crippen molar-refractivity contribution in [3.05, 3.63) is 64.7 Å². The number of carbonyl (C=O) groups is 2. The van der Waals surface area contributed by atoms with Crippen molar-refractivity contribution >= 4 is 23.4 Å². The normalized spacial score (nSPS) is 11.7. The zero-order chi connectivity index (χ0) is 19.1. The summed E-state index contributed by atoms with van der Waals surface area (Å²) in [7, 11) is 1.56. The van der Waals surface area contributed by atoms with Crippen molar-refractivity contribution in [1.29, 1.82) is 0 Å². The van der Waals surface area contributed by atoms with Crippen molar-refractivity contribution < 1.29 is 14.3 Å². The number of rotatable bonds is 7. The summed E-state index contributed by atoms with van der Waals surface area (Å²) >= 11 is 5.95. The van der Waals surface area contributed by atoms with Gasteiger partial charge in [-0.15, -0.1) is 0 Å². The Balaban J connectivity index is 2.00. The molecule has 2 N–H and O–H groups in total. The highest BCUT2D eigenvalue weighted by Crippen LogP contribution is 2.13. The molecule has 0 fully saturated rings. The molecule has 0 aliphatic carbocycles. The van der Waals surface area contributed by atoms with Crippen LogP contribution in [0.4, 0.5) is 0 Å². The first-order chi connectivity index (χ1) is 12.4. The average molecular weight is 375 g/mol. The van der Waals surface area contributed by atoms with Gasteiger partial charge in [0.2, 0.25) is 5.91 Å². The lowest BCUT2D eigenvalue weighted by atomic mass is 10.0. The summed E-state index contributed by atoms with van der Waals surface area (Å²) in [6, 6.07) is 13.4. The van der Waals surface area contributed by atoms with Crippen LogP contribution in [0.1, 0.15) is 29.8 Å². The number of benzene rings is 2. The van der Waals surface area contributed by atoms with Gasteiger partial charge in [-0.25, -0.2) is 0 Å². The third kappa shape index (κ3) is 5.49. The number of methoxy groups -OCH3 is 1. The molecule has 0 aromatic heterocycles. The molecular weight excluding hydrogens is 352 g/mol. The van der Waals surface area contributed by atoms with Crippen LogP contribution in [0, 0.1) is 5.92 Å². The molecule has 1 atom stereocenters. The van der Waals surface area contributed by atoms with E-state index in [0.717, 1.165) is 5.56 Å². The summed E-state index contributed by atoms with van der Waals surface area (Å²) in [5.41, 5.74) is 1.37. The largest absolute Gasteiger partial charge is 0.497 e. The third-order valence-corrected chi connectivity index (χ3v) is 4.18. The van der Waals surface area contributed by atoms with E-state index in [1.54, 1.807) is 43.5 Å². The number of hydrogen-bond donors (Lipinski definition) is 2. The molecule has 0 saturated carbocycles. The molecule has 0 aliphatic heterocycles. The first kappa shape index (κ1) is 19.8. The standard InChI is InChI=1S/C20H23ClN2O3/c1-13(2)18(20(25)22-12-14-5-4-6-16(21)11-14)23-19(24)15-7-9-17(26-3)10-8-15/h4-11,13,18H,12H2,1-3H3,(H,22,25)(H,23,24)/t18-/m0/s1. The van der Waals surface area contributed by atoms with Gasteiger partial charge in [-0.3, -0.25) is 9.59 Å². The molecule has 138 valence electrons. The Kier molecular flexibility index (Phi) is 7.04. The van der Waals surface area contributed by atoms with Gasteiger partial charge in [0.05, 0.1) is 7.11 Å². The maximum atomic E-state index is 12.5. The van der Waals surface area contributed by atoms with Gasteiger partial charge in [0.1, 0.15) is 11.8 Å². The Bertz CT molecular complexity index is 760. The second-order valence-corrected chi connectivity index (χ2v) is 6.71. The van der Waals surface area contributed by atoms with Crippen molar-refractivity contribution in [2.75, 3.05) is 7.11 Å². The maximum absolute atomic E-state index is 12.5. The second-order valence-electron chi connectivity index (χ2n) is 6.27. The van der Waals surface area contributed by atoms with Gasteiger partial charge in [0.25, 0.3) is 5.91 Å². The van der Waals surface area contributed by atoms with E-state index < -0.39 is 6.04 Å². The first-order valence-corrected chi connectivity index (χ1v) is 8.75. The molecule has 2 rings (SSSR count). The van der Waals surface area contributed by atoms with Crippen LogP contribution in [0.3, 0.4) is 0 Å². The SMILES string of the molecule is COc1ccc(C(=O)N[C@H](C(=O)NCc2cccc(Cl)c2)C(C)C)cc1. The zero-order valence-electron chi connectivity index (χ0n) is 15.1. The number of ether oxygens (including phenoxy) is 1. The summed E-state index contributed by atoms with van der Waals surface area (Å²) in [6.45, 7) is 4.12. The predicted octanol–water partition coefficient (Wildman–Crippen LogP) is 3.42. The first-order valence-electron chi connectivity index (χ1n) is 8.37. The van der Waals surface area contributed by atoms with Gasteiger partial charge < -0.3 is 15.4 Å². The quantitative estimate of drug-likeness (QED) is 0.780. The van der Waals surface area contributed by atoms with E-state index in [2.05, 4.69) is 10.6 Å². The molecule has 2 amide bonds. The van der Waals surface area contributed by atoms with E-state index in [-0.39, 0.29) is 17.7 Å². The molecule has 6 heteroatoms. The minimum absolute atomic E-state index is 0.0587. The molecule has 26 heavy (non-hydrogen) atoms. The van der Waals surface area contributed by atoms with E-state index in [4.69, 9.17) is 16.3 Å². The molecule has 5 nitrogen and oxygen atoms in total. The van der Waals surface area contributed by atoms with Crippen LogP contribution in [0.5, 0.6) is 5.75 Å². The Morgan fingerprint density at radius 3 is 2.38 bits per heavy atom. The van der Waals surface area contributed by atoms with Crippen molar-refractivity contribution in [2.45, 2.75) is 26.4 Å². The molecule has 0 unspecified atom stereocenters. The van der Waals surface area contributed by atoms with Crippen molar-refractivity contribution in [3.8, 4) is 5.75 Å². The van der Waals surface area contributed by atoms with Crippen LogP contribution in [0.2, 0.25) is 5.02 Å². The summed E-state index contributed by atoms with van der Waals surface area (Å²) in [6.07, 6.45) is 0. The van der Waals surface area contributed by atoms with Crippen LogP contribution in [-0.4, -0.2) is 25.0 Å². The van der Waals surface area contributed by atoms with Crippen molar-refractivity contribution in [3.63, 3.8) is 0 Å². The predicted molar refractivity (Wildman–Crippen MR) is 102 cm³/mol. The fourth-order valence-electron chi connectivity index (χ4n) is 2.45. The topological polar surface area (TPSA) is 67.4 Å². The highest BCUT2D eigenvalue weighted by Gasteiger charge is 2.24. The Labute approximate surface area is 158 Å². The van der Waals surface area contributed by atoms with Gasteiger partial charge in [-0.2, -0.15) is 0 Å². The number of amides is 2. The summed E-state index contributed by atoms with van der Waals surface area (Å²) in [5, 5.41) is 6.27. The highest BCUT2D eigenvalue weighted by atomic mass is 35.5. The lowest BCUT2D eigenvalue weighted by Crippen LogP contribution is -2.49. The van der Waals surface area contributed by atoms with E-state index in [0.29, 0.717) is 22.9 Å². The van der Waals surface area contributed by atoms with Gasteiger partial charge in [0.15, 0.2) is 0 Å². The fraction of sp³-hybridized carbons (Fsp3) is 0.300. The molecule has 2 aromatic rings. The van der Waals surface area contributed by atoms with Gasteiger partial charge in [-0.05, 0) is 47.9 Å². The maximum Gasteiger partial charge on any atom is 0.251 e. The summed E-state index contributed by atoms with van der Waals surface area (Å²) < 4.78 is 5.08. The van der Waals surface area contributed by atoms with Crippen LogP contribution < -0.4 is 15.4 Å². The number of carbonyl (C=O) groups excluding carboxylic acids is 2. The van der Waals surface area contributed by atoms with Gasteiger partial charge in [-0.1, -0.05) is 37.6 Å².